The summed E-state index contributed by atoms with van der Waals surface area (Å²) in [6.45, 7) is 2.50. The molecule has 1 saturated heterocycles. The summed E-state index contributed by atoms with van der Waals surface area (Å²) in [7, 11) is 4.02. The van der Waals surface area contributed by atoms with E-state index >= 15 is 0 Å². The van der Waals surface area contributed by atoms with Crippen molar-refractivity contribution in [1.29, 1.82) is 0 Å². The molecule has 0 spiro atoms. The van der Waals surface area contributed by atoms with Crippen molar-refractivity contribution in [3.05, 3.63) is 24.5 Å². The molecule has 0 atom stereocenters. The maximum atomic E-state index is 3.90. The molecular formula is C11H19N3. The summed E-state index contributed by atoms with van der Waals surface area (Å²) in [5.74, 6) is 0. The predicted molar refractivity (Wildman–Crippen MR) is 60.7 cm³/mol. The molecule has 78 valence electrons. The van der Waals surface area contributed by atoms with Gasteiger partial charge in [-0.25, -0.2) is 0 Å². The molecule has 3 nitrogen and oxygen atoms in total. The van der Waals surface area contributed by atoms with E-state index in [2.05, 4.69) is 10.3 Å². The maximum Gasteiger partial charge on any atom is 0.0391 e. The number of aromatic nitrogens is 1. The van der Waals surface area contributed by atoms with Crippen LogP contribution >= 0.6 is 0 Å². The van der Waals surface area contributed by atoms with Crippen molar-refractivity contribution in [2.24, 2.45) is 0 Å². The van der Waals surface area contributed by atoms with Gasteiger partial charge in [0.1, 0.15) is 0 Å². The summed E-state index contributed by atoms with van der Waals surface area (Å²) in [6.07, 6.45) is 6.35. The molecule has 1 aromatic heterocycles. The zero-order valence-electron chi connectivity index (χ0n) is 9.03. The third-order valence-corrected chi connectivity index (χ3v) is 2.14. The molecule has 0 amide bonds. The monoisotopic (exact) mass is 193 g/mol. The summed E-state index contributed by atoms with van der Waals surface area (Å²) in [6, 6.07) is 3.94. The van der Waals surface area contributed by atoms with Gasteiger partial charge in [0.15, 0.2) is 0 Å². The Bertz CT molecular complexity index is 222. The Hall–Kier alpha value is -1.09. The Balaban J connectivity index is 0.000000165. The summed E-state index contributed by atoms with van der Waals surface area (Å²) >= 11 is 0. The van der Waals surface area contributed by atoms with Crippen LogP contribution in [-0.4, -0.2) is 32.2 Å². The largest absolute Gasteiger partial charge is 0.378 e. The molecule has 2 heterocycles. The highest BCUT2D eigenvalue weighted by Gasteiger charge is 1.93. The third kappa shape index (κ3) is 4.23. The number of anilines is 1. The van der Waals surface area contributed by atoms with E-state index in [1.54, 1.807) is 12.4 Å². The minimum absolute atomic E-state index is 1.19. The van der Waals surface area contributed by atoms with E-state index in [0.29, 0.717) is 0 Å². The first-order valence-corrected chi connectivity index (χ1v) is 5.09. The van der Waals surface area contributed by atoms with Gasteiger partial charge >= 0.3 is 0 Å². The van der Waals surface area contributed by atoms with E-state index in [9.17, 15) is 0 Å². The molecule has 0 unspecified atom stereocenters. The Morgan fingerprint density at radius 3 is 2.00 bits per heavy atom. The fourth-order valence-corrected chi connectivity index (χ4v) is 1.27. The van der Waals surface area contributed by atoms with Gasteiger partial charge in [-0.05, 0) is 38.1 Å². The topological polar surface area (TPSA) is 28.2 Å². The Morgan fingerprint density at radius 1 is 1.14 bits per heavy atom. The zero-order chi connectivity index (χ0) is 10.2. The van der Waals surface area contributed by atoms with E-state index in [4.69, 9.17) is 0 Å². The Labute approximate surface area is 86.2 Å². The number of nitrogens with zero attached hydrogens (tertiary/aromatic N) is 2. The summed E-state index contributed by atoms with van der Waals surface area (Å²) < 4.78 is 0. The first-order valence-electron chi connectivity index (χ1n) is 5.09. The van der Waals surface area contributed by atoms with Crippen LogP contribution in [0.25, 0.3) is 0 Å². The molecule has 2 rings (SSSR count). The first kappa shape index (κ1) is 11.0. The lowest BCUT2D eigenvalue weighted by atomic mass is 10.4. The standard InChI is InChI=1S/C7H10N2.C4H9N/c1-9(2)7-3-5-8-6-4-7;1-2-4-5-3-1/h3-6H,1-2H3;5H,1-4H2. The highest BCUT2D eigenvalue weighted by atomic mass is 15.1. The molecule has 1 aliphatic rings. The van der Waals surface area contributed by atoms with E-state index < -0.39 is 0 Å². The first-order chi connectivity index (χ1) is 6.80. The highest BCUT2D eigenvalue weighted by molar-refractivity contribution is 5.42. The van der Waals surface area contributed by atoms with Crippen molar-refractivity contribution in [3.8, 4) is 0 Å². The van der Waals surface area contributed by atoms with E-state index in [-0.39, 0.29) is 0 Å². The summed E-state index contributed by atoms with van der Waals surface area (Å²) in [5.41, 5.74) is 1.19. The number of pyridine rings is 1. The summed E-state index contributed by atoms with van der Waals surface area (Å²) in [4.78, 5) is 5.94. The van der Waals surface area contributed by atoms with Crippen molar-refractivity contribution < 1.29 is 0 Å². The molecule has 1 N–H and O–H groups in total. The van der Waals surface area contributed by atoms with Crippen molar-refractivity contribution in [1.82, 2.24) is 10.3 Å². The fourth-order valence-electron chi connectivity index (χ4n) is 1.27. The molecule has 3 heteroatoms. The van der Waals surface area contributed by atoms with Gasteiger partial charge < -0.3 is 10.2 Å². The van der Waals surface area contributed by atoms with Gasteiger partial charge in [0.2, 0.25) is 0 Å². The van der Waals surface area contributed by atoms with Gasteiger partial charge in [0.25, 0.3) is 0 Å². The molecular weight excluding hydrogens is 174 g/mol. The molecule has 1 aromatic rings. The van der Waals surface area contributed by atoms with Crippen LogP contribution in [0.4, 0.5) is 5.69 Å². The highest BCUT2D eigenvalue weighted by Crippen LogP contribution is 2.05. The average molecular weight is 193 g/mol. The lowest BCUT2D eigenvalue weighted by Crippen LogP contribution is -2.07. The quantitative estimate of drug-likeness (QED) is 0.733. The van der Waals surface area contributed by atoms with Crippen molar-refractivity contribution in [2.45, 2.75) is 12.8 Å². The van der Waals surface area contributed by atoms with E-state index in [1.807, 2.05) is 31.1 Å². The van der Waals surface area contributed by atoms with Crippen LogP contribution in [0.5, 0.6) is 0 Å². The summed E-state index contributed by atoms with van der Waals surface area (Å²) in [5, 5.41) is 3.22. The minimum atomic E-state index is 1.19. The molecule has 0 bridgehead atoms. The van der Waals surface area contributed by atoms with Crippen LogP contribution < -0.4 is 10.2 Å². The molecule has 1 fully saturated rings. The number of hydrogen-bond acceptors (Lipinski definition) is 3. The van der Waals surface area contributed by atoms with Crippen molar-refractivity contribution in [3.63, 3.8) is 0 Å². The van der Waals surface area contributed by atoms with Crippen LogP contribution in [0.3, 0.4) is 0 Å². The van der Waals surface area contributed by atoms with Gasteiger partial charge in [0, 0.05) is 32.2 Å². The van der Waals surface area contributed by atoms with Gasteiger partial charge in [-0.15, -0.1) is 0 Å². The lowest BCUT2D eigenvalue weighted by Gasteiger charge is -2.10. The molecule has 0 radical (unpaired) electrons. The van der Waals surface area contributed by atoms with Gasteiger partial charge in [-0.1, -0.05) is 0 Å². The van der Waals surface area contributed by atoms with Crippen LogP contribution in [0.15, 0.2) is 24.5 Å². The molecule has 0 aromatic carbocycles. The Kier molecular flexibility index (Phi) is 5.00. The van der Waals surface area contributed by atoms with Crippen LogP contribution in [-0.2, 0) is 0 Å². The van der Waals surface area contributed by atoms with Crippen LogP contribution in [0.2, 0.25) is 0 Å². The van der Waals surface area contributed by atoms with Crippen molar-refractivity contribution >= 4 is 5.69 Å². The van der Waals surface area contributed by atoms with E-state index in [1.165, 1.54) is 31.6 Å². The third-order valence-electron chi connectivity index (χ3n) is 2.14. The molecule has 1 aliphatic heterocycles. The normalized spacial score (nSPS) is 14.4. The number of hydrogen-bond donors (Lipinski definition) is 1. The second-order valence-electron chi connectivity index (χ2n) is 3.56. The second-order valence-corrected chi connectivity index (χ2v) is 3.56. The number of rotatable bonds is 1. The van der Waals surface area contributed by atoms with E-state index in [0.717, 1.165) is 0 Å². The van der Waals surface area contributed by atoms with Gasteiger partial charge in [0.05, 0.1) is 0 Å². The van der Waals surface area contributed by atoms with Gasteiger partial charge in [-0.2, -0.15) is 0 Å². The molecule has 0 saturated carbocycles. The zero-order valence-corrected chi connectivity index (χ0v) is 9.03. The SMILES string of the molecule is C1CCNC1.CN(C)c1ccncc1. The second kappa shape index (κ2) is 6.38. The van der Waals surface area contributed by atoms with Crippen LogP contribution in [0.1, 0.15) is 12.8 Å². The van der Waals surface area contributed by atoms with Crippen LogP contribution in [0, 0.1) is 0 Å². The van der Waals surface area contributed by atoms with Gasteiger partial charge in [-0.3, -0.25) is 4.98 Å². The minimum Gasteiger partial charge on any atom is -0.378 e. The predicted octanol–water partition coefficient (Wildman–Crippen LogP) is 1.52. The number of nitrogens with one attached hydrogen (secondary N) is 1. The fraction of sp³-hybridized carbons (Fsp3) is 0.545. The Morgan fingerprint density at radius 2 is 1.71 bits per heavy atom. The molecule has 0 aliphatic carbocycles. The lowest BCUT2D eigenvalue weighted by molar-refractivity contribution is 0.857. The van der Waals surface area contributed by atoms with Crippen molar-refractivity contribution in [2.75, 3.05) is 32.1 Å². The smallest absolute Gasteiger partial charge is 0.0391 e. The average Bonchev–Trinajstić information content (AvgIpc) is 2.77. The maximum absolute atomic E-state index is 3.90. The molecule has 14 heavy (non-hydrogen) atoms.